The van der Waals surface area contributed by atoms with E-state index >= 15 is 0 Å². The summed E-state index contributed by atoms with van der Waals surface area (Å²) in [5.74, 6) is 4.92. The van der Waals surface area contributed by atoms with Crippen LogP contribution < -0.4 is 5.56 Å². The molecule has 1 aromatic heterocycles. The number of nitrogens with zero attached hydrogens (tertiary/aromatic N) is 2. The molecule has 2 rings (SSSR count). The van der Waals surface area contributed by atoms with Crippen molar-refractivity contribution in [2.45, 2.75) is 13.0 Å². The molecule has 0 fully saturated rings. The number of aliphatic hydroxyl groups excluding tert-OH is 1. The van der Waals surface area contributed by atoms with Crippen LogP contribution in [0.15, 0.2) is 41.6 Å². The number of aliphatic hydroxyl groups is 1. The van der Waals surface area contributed by atoms with Gasteiger partial charge in [-0.05, 0) is 17.7 Å². The minimum Gasteiger partial charge on any atom is -0.395 e. The van der Waals surface area contributed by atoms with Crippen LogP contribution in [0.25, 0.3) is 0 Å². The largest absolute Gasteiger partial charge is 0.395 e. The highest BCUT2D eigenvalue weighted by atomic mass is 19.1. The lowest BCUT2D eigenvalue weighted by Gasteiger charge is -2.05. The first kappa shape index (κ1) is 14.0. The predicted octanol–water partition coefficient (Wildman–Crippen LogP) is 1.16. The quantitative estimate of drug-likeness (QED) is 0.853. The molecule has 0 bridgehead atoms. The molecule has 1 heterocycles. The Kier molecular flexibility index (Phi) is 4.64. The second-order valence-corrected chi connectivity index (χ2v) is 4.14. The smallest absolute Gasteiger partial charge is 0.253 e. The SMILES string of the molecule is O=c1ccncn1Cc1ccc(F)c(C#CCCO)c1. The molecule has 0 spiro atoms. The van der Waals surface area contributed by atoms with Crippen molar-refractivity contribution in [1.82, 2.24) is 9.55 Å². The van der Waals surface area contributed by atoms with Crippen molar-refractivity contribution in [2.75, 3.05) is 6.61 Å². The minimum absolute atomic E-state index is 0.0562. The Labute approximate surface area is 115 Å². The molecule has 1 aromatic carbocycles. The molecular weight excluding hydrogens is 259 g/mol. The highest BCUT2D eigenvalue weighted by molar-refractivity contribution is 5.38. The fourth-order valence-corrected chi connectivity index (χ4v) is 1.67. The topological polar surface area (TPSA) is 55.1 Å². The minimum atomic E-state index is -0.419. The van der Waals surface area contributed by atoms with E-state index in [0.29, 0.717) is 13.0 Å². The van der Waals surface area contributed by atoms with Gasteiger partial charge in [-0.3, -0.25) is 9.36 Å². The summed E-state index contributed by atoms with van der Waals surface area (Å²) < 4.78 is 15.0. The van der Waals surface area contributed by atoms with Gasteiger partial charge in [-0.25, -0.2) is 9.37 Å². The van der Waals surface area contributed by atoms with Crippen LogP contribution in [0.3, 0.4) is 0 Å². The van der Waals surface area contributed by atoms with Crippen LogP contribution in [-0.4, -0.2) is 21.3 Å². The normalized spacial score (nSPS) is 9.90. The summed E-state index contributed by atoms with van der Waals surface area (Å²) in [6.07, 6.45) is 3.16. The Bertz CT molecular complexity index is 714. The summed E-state index contributed by atoms with van der Waals surface area (Å²) in [6, 6.07) is 5.89. The van der Waals surface area contributed by atoms with Crippen LogP contribution in [0, 0.1) is 17.7 Å². The van der Waals surface area contributed by atoms with E-state index < -0.39 is 5.82 Å². The van der Waals surface area contributed by atoms with Crippen LogP contribution >= 0.6 is 0 Å². The van der Waals surface area contributed by atoms with Crippen molar-refractivity contribution in [3.63, 3.8) is 0 Å². The molecule has 0 saturated heterocycles. The van der Waals surface area contributed by atoms with E-state index in [0.717, 1.165) is 5.56 Å². The molecule has 0 saturated carbocycles. The lowest BCUT2D eigenvalue weighted by molar-refractivity contribution is 0.305. The molecule has 2 aromatic rings. The Morgan fingerprint density at radius 1 is 1.35 bits per heavy atom. The molecular formula is C15H13FN2O2. The van der Waals surface area contributed by atoms with Gasteiger partial charge in [0, 0.05) is 18.7 Å². The standard InChI is InChI=1S/C15H13FN2O2/c16-14-5-4-12(9-13(14)3-1-2-8-19)10-18-11-17-7-6-15(18)20/h4-7,9,11,19H,2,8,10H2. The second-order valence-electron chi connectivity index (χ2n) is 4.14. The lowest BCUT2D eigenvalue weighted by atomic mass is 10.1. The van der Waals surface area contributed by atoms with Crippen molar-refractivity contribution in [2.24, 2.45) is 0 Å². The number of hydrogen-bond donors (Lipinski definition) is 1. The van der Waals surface area contributed by atoms with Gasteiger partial charge in [0.25, 0.3) is 5.56 Å². The van der Waals surface area contributed by atoms with E-state index in [-0.39, 0.29) is 17.7 Å². The zero-order valence-electron chi connectivity index (χ0n) is 10.7. The number of halogens is 1. The van der Waals surface area contributed by atoms with E-state index in [9.17, 15) is 9.18 Å². The van der Waals surface area contributed by atoms with Crippen LogP contribution in [0.5, 0.6) is 0 Å². The first-order chi connectivity index (χ1) is 9.70. The van der Waals surface area contributed by atoms with Gasteiger partial charge in [0.05, 0.1) is 25.0 Å². The molecule has 0 aliphatic heterocycles. The van der Waals surface area contributed by atoms with Gasteiger partial charge in [0.2, 0.25) is 0 Å². The van der Waals surface area contributed by atoms with Gasteiger partial charge in [-0.2, -0.15) is 0 Å². The average molecular weight is 272 g/mol. The molecule has 1 N–H and O–H groups in total. The predicted molar refractivity (Wildman–Crippen MR) is 72.6 cm³/mol. The van der Waals surface area contributed by atoms with E-state index in [1.807, 2.05) is 0 Å². The maximum absolute atomic E-state index is 13.6. The molecule has 0 unspecified atom stereocenters. The Morgan fingerprint density at radius 3 is 2.95 bits per heavy atom. The van der Waals surface area contributed by atoms with E-state index in [4.69, 9.17) is 5.11 Å². The summed E-state index contributed by atoms with van der Waals surface area (Å²) >= 11 is 0. The van der Waals surface area contributed by atoms with Gasteiger partial charge in [-0.1, -0.05) is 17.9 Å². The Hall–Kier alpha value is -2.45. The summed E-state index contributed by atoms with van der Waals surface area (Å²) in [7, 11) is 0. The van der Waals surface area contributed by atoms with Crippen molar-refractivity contribution < 1.29 is 9.50 Å². The third-order valence-electron chi connectivity index (χ3n) is 2.64. The van der Waals surface area contributed by atoms with Crippen molar-refractivity contribution in [3.05, 3.63) is 64.1 Å². The molecule has 0 aliphatic carbocycles. The van der Waals surface area contributed by atoms with Crippen molar-refractivity contribution >= 4 is 0 Å². The number of benzene rings is 1. The second kappa shape index (κ2) is 6.64. The third-order valence-corrected chi connectivity index (χ3v) is 2.64. The molecule has 102 valence electrons. The van der Waals surface area contributed by atoms with Crippen molar-refractivity contribution in [3.8, 4) is 11.8 Å². The Balaban J connectivity index is 2.26. The van der Waals surface area contributed by atoms with Gasteiger partial charge in [0.15, 0.2) is 0 Å². The van der Waals surface area contributed by atoms with E-state index in [1.165, 1.54) is 29.2 Å². The molecule has 5 heteroatoms. The molecule has 0 radical (unpaired) electrons. The fourth-order valence-electron chi connectivity index (χ4n) is 1.67. The summed E-state index contributed by atoms with van der Waals surface area (Å²) in [5.41, 5.74) is 0.847. The number of hydrogen-bond acceptors (Lipinski definition) is 3. The van der Waals surface area contributed by atoms with Gasteiger partial charge in [-0.15, -0.1) is 0 Å². The van der Waals surface area contributed by atoms with Crippen molar-refractivity contribution in [1.29, 1.82) is 0 Å². The van der Waals surface area contributed by atoms with Crippen LogP contribution in [0.2, 0.25) is 0 Å². The maximum atomic E-state index is 13.6. The summed E-state index contributed by atoms with van der Waals surface area (Å²) in [4.78, 5) is 15.5. The van der Waals surface area contributed by atoms with Gasteiger partial charge < -0.3 is 5.11 Å². The highest BCUT2D eigenvalue weighted by Crippen LogP contribution is 2.10. The third kappa shape index (κ3) is 3.53. The summed E-state index contributed by atoms with van der Waals surface area (Å²) in [6.45, 7) is 0.251. The van der Waals surface area contributed by atoms with Crippen LogP contribution in [0.4, 0.5) is 4.39 Å². The average Bonchev–Trinajstić information content (AvgIpc) is 2.45. The monoisotopic (exact) mass is 272 g/mol. The van der Waals surface area contributed by atoms with E-state index in [1.54, 1.807) is 12.1 Å². The zero-order chi connectivity index (χ0) is 14.4. The van der Waals surface area contributed by atoms with Crippen LogP contribution in [0.1, 0.15) is 17.5 Å². The first-order valence-electron chi connectivity index (χ1n) is 6.09. The molecule has 0 aliphatic rings. The zero-order valence-corrected chi connectivity index (χ0v) is 10.7. The fraction of sp³-hybridized carbons (Fsp3) is 0.200. The highest BCUT2D eigenvalue weighted by Gasteiger charge is 2.03. The maximum Gasteiger partial charge on any atom is 0.253 e. The first-order valence-corrected chi connectivity index (χ1v) is 6.09. The molecule has 20 heavy (non-hydrogen) atoms. The Morgan fingerprint density at radius 2 is 2.20 bits per heavy atom. The number of rotatable bonds is 3. The summed E-state index contributed by atoms with van der Waals surface area (Å²) in [5, 5.41) is 8.65. The van der Waals surface area contributed by atoms with Crippen LogP contribution in [-0.2, 0) is 6.54 Å². The molecule has 0 atom stereocenters. The van der Waals surface area contributed by atoms with E-state index in [2.05, 4.69) is 16.8 Å². The molecule has 0 amide bonds. The van der Waals surface area contributed by atoms with Gasteiger partial charge >= 0.3 is 0 Å². The lowest BCUT2D eigenvalue weighted by Crippen LogP contribution is -2.19. The number of aromatic nitrogens is 2. The van der Waals surface area contributed by atoms with Gasteiger partial charge in [0.1, 0.15) is 5.82 Å². The molecule has 4 nitrogen and oxygen atoms in total.